The summed E-state index contributed by atoms with van der Waals surface area (Å²) < 4.78 is 5.38. The predicted molar refractivity (Wildman–Crippen MR) is 64.6 cm³/mol. The van der Waals surface area contributed by atoms with E-state index >= 15 is 0 Å². The molecule has 3 heteroatoms. The summed E-state index contributed by atoms with van der Waals surface area (Å²) in [6.07, 6.45) is 6.96. The maximum atomic E-state index is 6.39. The lowest BCUT2D eigenvalue weighted by Gasteiger charge is -2.08. The maximum absolute atomic E-state index is 6.39. The molecule has 16 heavy (non-hydrogen) atoms. The first-order chi connectivity index (χ1) is 7.81. The van der Waals surface area contributed by atoms with E-state index in [0.29, 0.717) is 0 Å². The van der Waals surface area contributed by atoms with Crippen molar-refractivity contribution in [1.82, 2.24) is 4.98 Å². The zero-order valence-corrected chi connectivity index (χ0v) is 9.95. The minimum absolute atomic E-state index is 0.0314. The van der Waals surface area contributed by atoms with Gasteiger partial charge in [-0.05, 0) is 30.2 Å². The van der Waals surface area contributed by atoms with Crippen LogP contribution in [-0.2, 0) is 12.8 Å². The molecule has 0 aliphatic heterocycles. The van der Waals surface area contributed by atoms with E-state index in [4.69, 9.17) is 16.0 Å². The van der Waals surface area contributed by atoms with Gasteiger partial charge in [0.15, 0.2) is 0 Å². The van der Waals surface area contributed by atoms with Gasteiger partial charge in [0.05, 0.1) is 11.6 Å². The van der Waals surface area contributed by atoms with Crippen molar-refractivity contribution >= 4 is 11.6 Å². The van der Waals surface area contributed by atoms with Gasteiger partial charge in [0, 0.05) is 24.4 Å². The lowest BCUT2D eigenvalue weighted by atomic mass is 10.0. The second kappa shape index (κ2) is 5.17. The fourth-order valence-electron chi connectivity index (χ4n) is 1.75. The fourth-order valence-corrected chi connectivity index (χ4v) is 2.13. The zero-order valence-electron chi connectivity index (χ0n) is 9.19. The van der Waals surface area contributed by atoms with Gasteiger partial charge in [-0.15, -0.1) is 11.6 Å². The monoisotopic (exact) mass is 235 g/mol. The molecule has 0 amide bonds. The average molecular weight is 236 g/mol. The Morgan fingerprint density at radius 3 is 2.75 bits per heavy atom. The molecule has 0 aliphatic carbocycles. The Morgan fingerprint density at radius 2 is 2.06 bits per heavy atom. The normalized spacial score (nSPS) is 12.6. The standard InChI is InChI=1S/C13H14ClNO/c1-2-13-11(5-8-16-13)12(14)9-10-3-6-15-7-4-10/h3-8,12H,2,9H2,1H3. The molecule has 2 aromatic rings. The number of halogens is 1. The molecule has 0 radical (unpaired) electrons. The van der Waals surface area contributed by atoms with E-state index in [0.717, 1.165) is 24.2 Å². The van der Waals surface area contributed by atoms with E-state index in [9.17, 15) is 0 Å². The van der Waals surface area contributed by atoms with Gasteiger partial charge in [-0.3, -0.25) is 4.98 Å². The molecule has 84 valence electrons. The topological polar surface area (TPSA) is 26.0 Å². The lowest BCUT2D eigenvalue weighted by molar-refractivity contribution is 0.510. The van der Waals surface area contributed by atoms with E-state index in [1.54, 1.807) is 18.7 Å². The van der Waals surface area contributed by atoms with Crippen molar-refractivity contribution in [3.05, 3.63) is 53.7 Å². The summed E-state index contributed by atoms with van der Waals surface area (Å²) in [6, 6.07) is 5.93. The molecule has 0 aliphatic rings. The van der Waals surface area contributed by atoms with E-state index in [2.05, 4.69) is 11.9 Å². The number of aromatic nitrogens is 1. The number of alkyl halides is 1. The third-order valence-electron chi connectivity index (χ3n) is 2.60. The van der Waals surface area contributed by atoms with Crippen molar-refractivity contribution in [1.29, 1.82) is 0 Å². The van der Waals surface area contributed by atoms with Crippen LogP contribution >= 0.6 is 11.6 Å². The van der Waals surface area contributed by atoms with E-state index in [1.165, 1.54) is 5.56 Å². The Hall–Kier alpha value is -1.28. The van der Waals surface area contributed by atoms with Crippen molar-refractivity contribution in [2.45, 2.75) is 25.1 Å². The SMILES string of the molecule is CCc1occc1C(Cl)Cc1ccncc1. The van der Waals surface area contributed by atoms with Crippen LogP contribution in [0.3, 0.4) is 0 Å². The first kappa shape index (κ1) is 11.2. The van der Waals surface area contributed by atoms with Gasteiger partial charge in [-0.2, -0.15) is 0 Å². The van der Waals surface area contributed by atoms with Crippen LogP contribution in [0.1, 0.15) is 29.2 Å². The summed E-state index contributed by atoms with van der Waals surface area (Å²) in [5.41, 5.74) is 2.29. The summed E-state index contributed by atoms with van der Waals surface area (Å²) in [6.45, 7) is 2.07. The average Bonchev–Trinajstić information content (AvgIpc) is 2.78. The van der Waals surface area contributed by atoms with Gasteiger partial charge >= 0.3 is 0 Å². The molecule has 2 nitrogen and oxygen atoms in total. The third kappa shape index (κ3) is 2.45. The minimum Gasteiger partial charge on any atom is -0.469 e. The van der Waals surface area contributed by atoms with Crippen LogP contribution in [0, 0.1) is 0 Å². The van der Waals surface area contributed by atoms with Crippen molar-refractivity contribution in [3.8, 4) is 0 Å². The van der Waals surface area contributed by atoms with Crippen LogP contribution in [0.15, 0.2) is 41.3 Å². The molecule has 2 aromatic heterocycles. The highest BCUT2D eigenvalue weighted by molar-refractivity contribution is 6.21. The van der Waals surface area contributed by atoms with Crippen molar-refractivity contribution in [2.75, 3.05) is 0 Å². The van der Waals surface area contributed by atoms with Crippen LogP contribution in [-0.4, -0.2) is 4.98 Å². The zero-order chi connectivity index (χ0) is 11.4. The van der Waals surface area contributed by atoms with Gasteiger partial charge < -0.3 is 4.42 Å². The summed E-state index contributed by atoms with van der Waals surface area (Å²) >= 11 is 6.39. The highest BCUT2D eigenvalue weighted by atomic mass is 35.5. The number of hydrogen-bond donors (Lipinski definition) is 0. The molecule has 0 saturated heterocycles. The fraction of sp³-hybridized carbons (Fsp3) is 0.308. The van der Waals surface area contributed by atoms with Crippen LogP contribution in [0.4, 0.5) is 0 Å². The smallest absolute Gasteiger partial charge is 0.108 e. The molecule has 0 bridgehead atoms. The number of aryl methyl sites for hydroxylation is 1. The van der Waals surface area contributed by atoms with Gasteiger partial charge in [0.2, 0.25) is 0 Å². The molecule has 1 atom stereocenters. The molecule has 2 heterocycles. The van der Waals surface area contributed by atoms with Crippen LogP contribution in [0.5, 0.6) is 0 Å². The Labute approximate surface area is 100 Å². The predicted octanol–water partition coefficient (Wildman–Crippen LogP) is 3.76. The minimum atomic E-state index is -0.0314. The number of pyridine rings is 1. The summed E-state index contributed by atoms with van der Waals surface area (Å²) in [5, 5.41) is -0.0314. The van der Waals surface area contributed by atoms with Gasteiger partial charge in [0.1, 0.15) is 5.76 Å². The Bertz CT molecular complexity index is 438. The first-order valence-corrected chi connectivity index (χ1v) is 5.84. The van der Waals surface area contributed by atoms with Crippen molar-refractivity contribution in [2.24, 2.45) is 0 Å². The molecule has 2 rings (SSSR count). The molecule has 0 aromatic carbocycles. The Morgan fingerprint density at radius 1 is 1.31 bits per heavy atom. The summed E-state index contributed by atoms with van der Waals surface area (Å²) in [5.74, 6) is 0.981. The molecule has 0 N–H and O–H groups in total. The largest absolute Gasteiger partial charge is 0.469 e. The number of furan rings is 1. The Balaban J connectivity index is 2.11. The quantitative estimate of drug-likeness (QED) is 0.755. The third-order valence-corrected chi connectivity index (χ3v) is 2.99. The van der Waals surface area contributed by atoms with Crippen molar-refractivity contribution in [3.63, 3.8) is 0 Å². The lowest BCUT2D eigenvalue weighted by Crippen LogP contribution is -1.97. The van der Waals surface area contributed by atoms with Crippen LogP contribution in [0.2, 0.25) is 0 Å². The first-order valence-electron chi connectivity index (χ1n) is 5.40. The number of hydrogen-bond acceptors (Lipinski definition) is 2. The molecule has 0 fully saturated rings. The summed E-state index contributed by atoms with van der Waals surface area (Å²) in [4.78, 5) is 3.99. The number of rotatable bonds is 4. The second-order valence-corrected chi connectivity index (χ2v) is 4.21. The highest BCUT2D eigenvalue weighted by Gasteiger charge is 2.14. The van der Waals surface area contributed by atoms with Gasteiger partial charge in [0.25, 0.3) is 0 Å². The molecule has 0 saturated carbocycles. The van der Waals surface area contributed by atoms with Gasteiger partial charge in [-0.1, -0.05) is 6.92 Å². The maximum Gasteiger partial charge on any atom is 0.108 e. The molecule has 0 spiro atoms. The van der Waals surface area contributed by atoms with E-state index in [-0.39, 0.29) is 5.38 Å². The molecular formula is C13H14ClNO. The van der Waals surface area contributed by atoms with Crippen molar-refractivity contribution < 1.29 is 4.42 Å². The second-order valence-electron chi connectivity index (χ2n) is 3.68. The van der Waals surface area contributed by atoms with Crippen LogP contribution in [0.25, 0.3) is 0 Å². The number of nitrogens with zero attached hydrogens (tertiary/aromatic N) is 1. The molecular weight excluding hydrogens is 222 g/mol. The summed E-state index contributed by atoms with van der Waals surface area (Å²) in [7, 11) is 0. The van der Waals surface area contributed by atoms with Crippen LogP contribution < -0.4 is 0 Å². The Kier molecular flexibility index (Phi) is 3.62. The highest BCUT2D eigenvalue weighted by Crippen LogP contribution is 2.28. The molecule has 1 unspecified atom stereocenters. The van der Waals surface area contributed by atoms with E-state index < -0.39 is 0 Å². The van der Waals surface area contributed by atoms with Gasteiger partial charge in [-0.25, -0.2) is 0 Å². The van der Waals surface area contributed by atoms with E-state index in [1.807, 2.05) is 18.2 Å².